The summed E-state index contributed by atoms with van der Waals surface area (Å²) in [6.45, 7) is 2.32. The molecule has 0 saturated carbocycles. The molecule has 6 heteroatoms. The van der Waals surface area contributed by atoms with E-state index in [1.165, 1.54) is 20.3 Å². The van der Waals surface area contributed by atoms with Crippen molar-refractivity contribution in [2.45, 2.75) is 6.92 Å². The monoisotopic (exact) mass is 339 g/mol. The van der Waals surface area contributed by atoms with Crippen LogP contribution in [0.4, 0.5) is 0 Å². The van der Waals surface area contributed by atoms with Crippen LogP contribution in [0.3, 0.4) is 0 Å². The lowest BCUT2D eigenvalue weighted by Crippen LogP contribution is -2.03. The Balaban J connectivity index is 3.30. The molecule has 0 amide bonds. The molecule has 0 aliphatic heterocycles. The number of halogens is 1. The van der Waals surface area contributed by atoms with E-state index in [1.54, 1.807) is 18.2 Å². The van der Waals surface area contributed by atoms with E-state index < -0.39 is 5.97 Å². The standard InChI is InChI=1S/C14H14BrNO4/c1-4-20-12-7-9(6-11(15)13(12)18-2)5-10(8-16)14(17)19-3/h5-7H,4H2,1-3H3/b10-5+. The lowest BCUT2D eigenvalue weighted by atomic mass is 10.1. The minimum atomic E-state index is -0.683. The summed E-state index contributed by atoms with van der Waals surface area (Å²) in [5.41, 5.74) is 0.537. The van der Waals surface area contributed by atoms with E-state index in [4.69, 9.17) is 14.7 Å². The van der Waals surface area contributed by atoms with Crippen molar-refractivity contribution >= 4 is 28.0 Å². The summed E-state index contributed by atoms with van der Waals surface area (Å²) >= 11 is 3.36. The van der Waals surface area contributed by atoms with Crippen LogP contribution >= 0.6 is 15.9 Å². The van der Waals surface area contributed by atoms with Gasteiger partial charge in [-0.15, -0.1) is 0 Å². The van der Waals surface area contributed by atoms with Gasteiger partial charge in [-0.2, -0.15) is 5.26 Å². The van der Waals surface area contributed by atoms with Crippen LogP contribution in [-0.2, 0) is 9.53 Å². The van der Waals surface area contributed by atoms with Gasteiger partial charge in [0.05, 0.1) is 25.3 Å². The molecule has 1 aromatic rings. The molecule has 106 valence electrons. The van der Waals surface area contributed by atoms with Crippen molar-refractivity contribution in [3.63, 3.8) is 0 Å². The predicted octanol–water partition coefficient (Wildman–Crippen LogP) is 2.94. The molecule has 5 nitrogen and oxygen atoms in total. The molecule has 0 unspecified atom stereocenters. The van der Waals surface area contributed by atoms with E-state index in [9.17, 15) is 4.79 Å². The number of nitrogens with zero attached hydrogens (tertiary/aromatic N) is 1. The van der Waals surface area contributed by atoms with Crippen LogP contribution in [0.2, 0.25) is 0 Å². The van der Waals surface area contributed by atoms with Crippen molar-refractivity contribution in [1.29, 1.82) is 5.26 Å². The first kappa shape index (κ1) is 16.1. The van der Waals surface area contributed by atoms with Gasteiger partial charge < -0.3 is 14.2 Å². The summed E-state index contributed by atoms with van der Waals surface area (Å²) in [5, 5.41) is 8.94. The maximum absolute atomic E-state index is 11.4. The zero-order chi connectivity index (χ0) is 15.1. The summed E-state index contributed by atoms with van der Waals surface area (Å²) in [4.78, 5) is 11.4. The Labute approximate surface area is 125 Å². The molecule has 1 aromatic carbocycles. The van der Waals surface area contributed by atoms with Crippen molar-refractivity contribution in [3.05, 3.63) is 27.7 Å². The fraction of sp³-hybridized carbons (Fsp3) is 0.286. The lowest BCUT2D eigenvalue weighted by Gasteiger charge is -2.12. The molecule has 0 heterocycles. The van der Waals surface area contributed by atoms with Gasteiger partial charge >= 0.3 is 5.97 Å². The van der Waals surface area contributed by atoms with Gasteiger partial charge in [-0.25, -0.2) is 4.79 Å². The third kappa shape index (κ3) is 3.75. The first-order valence-electron chi connectivity index (χ1n) is 5.77. The first-order chi connectivity index (χ1) is 9.57. The first-order valence-corrected chi connectivity index (χ1v) is 6.57. The van der Waals surface area contributed by atoms with Gasteiger partial charge in [-0.3, -0.25) is 0 Å². The van der Waals surface area contributed by atoms with Crippen molar-refractivity contribution < 1.29 is 19.0 Å². The lowest BCUT2D eigenvalue weighted by molar-refractivity contribution is -0.135. The topological polar surface area (TPSA) is 68.5 Å². The average molecular weight is 340 g/mol. The third-order valence-corrected chi connectivity index (χ3v) is 2.96. The van der Waals surface area contributed by atoms with E-state index in [1.807, 2.05) is 6.92 Å². The molecule has 0 fully saturated rings. The molecular weight excluding hydrogens is 326 g/mol. The quantitative estimate of drug-likeness (QED) is 0.468. The fourth-order valence-corrected chi connectivity index (χ4v) is 2.17. The van der Waals surface area contributed by atoms with Gasteiger partial charge in [0.1, 0.15) is 11.6 Å². The molecule has 0 aromatic heterocycles. The SMILES string of the molecule is CCOc1cc(/C=C(\C#N)C(=O)OC)cc(Br)c1OC. The number of nitriles is 1. The van der Waals surface area contributed by atoms with Gasteiger partial charge in [0.25, 0.3) is 0 Å². The number of carbonyl (C=O) groups is 1. The number of benzene rings is 1. The van der Waals surface area contributed by atoms with E-state index in [0.717, 1.165) is 0 Å². The van der Waals surface area contributed by atoms with Crippen LogP contribution in [0.15, 0.2) is 22.2 Å². The van der Waals surface area contributed by atoms with Gasteiger partial charge in [0, 0.05) is 0 Å². The Kier molecular flexibility index (Phi) is 6.07. The van der Waals surface area contributed by atoms with Gasteiger partial charge in [0.2, 0.25) is 0 Å². The summed E-state index contributed by atoms with van der Waals surface area (Å²) < 4.78 is 15.9. The van der Waals surface area contributed by atoms with Crippen molar-refractivity contribution in [1.82, 2.24) is 0 Å². The normalized spacial score (nSPS) is 10.7. The van der Waals surface area contributed by atoms with Crippen molar-refractivity contribution in [2.75, 3.05) is 20.8 Å². The van der Waals surface area contributed by atoms with Crippen LogP contribution in [0.1, 0.15) is 12.5 Å². The molecule has 0 aliphatic rings. The highest BCUT2D eigenvalue weighted by molar-refractivity contribution is 9.10. The molecule has 0 N–H and O–H groups in total. The average Bonchev–Trinajstić information content (AvgIpc) is 2.44. The second-order valence-corrected chi connectivity index (χ2v) is 4.48. The van der Waals surface area contributed by atoms with Gasteiger partial charge in [-0.1, -0.05) is 0 Å². The number of ether oxygens (including phenoxy) is 3. The zero-order valence-electron chi connectivity index (χ0n) is 11.4. The Morgan fingerprint density at radius 2 is 2.15 bits per heavy atom. The van der Waals surface area contributed by atoms with Crippen LogP contribution < -0.4 is 9.47 Å². The summed E-state index contributed by atoms with van der Waals surface area (Å²) in [7, 11) is 2.76. The van der Waals surface area contributed by atoms with E-state index in [2.05, 4.69) is 20.7 Å². The van der Waals surface area contributed by atoms with Gasteiger partial charge in [-0.05, 0) is 46.6 Å². The van der Waals surface area contributed by atoms with E-state index in [-0.39, 0.29) is 5.57 Å². The fourth-order valence-electron chi connectivity index (χ4n) is 1.55. The molecule has 0 saturated heterocycles. The van der Waals surface area contributed by atoms with Crippen LogP contribution in [-0.4, -0.2) is 26.8 Å². The highest BCUT2D eigenvalue weighted by Crippen LogP contribution is 2.37. The molecule has 0 spiro atoms. The van der Waals surface area contributed by atoms with Crippen molar-refractivity contribution in [2.24, 2.45) is 0 Å². The third-order valence-electron chi connectivity index (χ3n) is 2.37. The number of rotatable bonds is 5. The Morgan fingerprint density at radius 3 is 2.65 bits per heavy atom. The Hall–Kier alpha value is -2.00. The maximum Gasteiger partial charge on any atom is 0.348 e. The van der Waals surface area contributed by atoms with E-state index >= 15 is 0 Å². The van der Waals surface area contributed by atoms with Crippen LogP contribution in [0.25, 0.3) is 6.08 Å². The largest absolute Gasteiger partial charge is 0.492 e. The number of carbonyl (C=O) groups excluding carboxylic acids is 1. The summed E-state index contributed by atoms with van der Waals surface area (Å²) in [6.07, 6.45) is 1.43. The molecule has 0 radical (unpaired) electrons. The minimum Gasteiger partial charge on any atom is -0.492 e. The minimum absolute atomic E-state index is 0.0907. The second-order valence-electron chi connectivity index (χ2n) is 3.63. The van der Waals surface area contributed by atoms with Gasteiger partial charge in [0.15, 0.2) is 11.5 Å². The zero-order valence-corrected chi connectivity index (χ0v) is 13.0. The molecule has 0 atom stereocenters. The predicted molar refractivity (Wildman–Crippen MR) is 77.5 cm³/mol. The summed E-state index contributed by atoms with van der Waals surface area (Å²) in [5.74, 6) is 0.399. The highest BCUT2D eigenvalue weighted by Gasteiger charge is 2.13. The number of esters is 1. The molecule has 0 aliphatic carbocycles. The van der Waals surface area contributed by atoms with Crippen LogP contribution in [0, 0.1) is 11.3 Å². The number of hydrogen-bond acceptors (Lipinski definition) is 5. The molecule has 20 heavy (non-hydrogen) atoms. The Bertz CT molecular complexity index is 575. The molecule has 0 bridgehead atoms. The Morgan fingerprint density at radius 1 is 1.45 bits per heavy atom. The number of methoxy groups -OCH3 is 2. The molecular formula is C14H14BrNO4. The second kappa shape index (κ2) is 7.56. The smallest absolute Gasteiger partial charge is 0.348 e. The van der Waals surface area contributed by atoms with Crippen molar-refractivity contribution in [3.8, 4) is 17.6 Å². The van der Waals surface area contributed by atoms with E-state index in [0.29, 0.717) is 28.1 Å². The highest BCUT2D eigenvalue weighted by atomic mass is 79.9. The number of hydrogen-bond donors (Lipinski definition) is 0. The molecule has 1 rings (SSSR count). The summed E-state index contributed by atoms with van der Waals surface area (Å²) in [6, 6.07) is 5.21. The maximum atomic E-state index is 11.4. The van der Waals surface area contributed by atoms with Crippen LogP contribution in [0.5, 0.6) is 11.5 Å².